The summed E-state index contributed by atoms with van der Waals surface area (Å²) in [7, 11) is -3.59. The van der Waals surface area contributed by atoms with Gasteiger partial charge in [0, 0.05) is 18.8 Å². The first-order chi connectivity index (χ1) is 9.32. The topological polar surface area (TPSA) is 70.2 Å². The Balaban J connectivity index is 2.29. The van der Waals surface area contributed by atoms with Gasteiger partial charge in [-0.1, -0.05) is 25.4 Å². The van der Waals surface area contributed by atoms with Crippen molar-refractivity contribution in [1.82, 2.24) is 9.29 Å². The Morgan fingerprint density at radius 3 is 2.60 bits per heavy atom. The number of rotatable bonds is 6. The molecule has 1 fully saturated rings. The molecule has 0 unspecified atom stereocenters. The van der Waals surface area contributed by atoms with Gasteiger partial charge < -0.3 is 4.98 Å². The summed E-state index contributed by atoms with van der Waals surface area (Å²) in [5.74, 6) is 0.436. The highest BCUT2D eigenvalue weighted by molar-refractivity contribution is 7.89. The van der Waals surface area contributed by atoms with Gasteiger partial charge in [-0.25, -0.2) is 8.42 Å². The summed E-state index contributed by atoms with van der Waals surface area (Å²) in [6.07, 6.45) is 3.82. The Kier molecular flexibility index (Phi) is 4.56. The van der Waals surface area contributed by atoms with Crippen molar-refractivity contribution >= 4 is 21.6 Å². The molecule has 0 aromatic carbocycles. The minimum atomic E-state index is -3.59. The highest BCUT2D eigenvalue weighted by Gasteiger charge is 2.38. The fraction of sp³-hybridized carbons (Fsp3) is 0.615. The zero-order valence-electron chi connectivity index (χ0n) is 11.6. The van der Waals surface area contributed by atoms with Crippen LogP contribution < -0.4 is 5.56 Å². The van der Waals surface area contributed by atoms with Gasteiger partial charge in [0.2, 0.25) is 10.0 Å². The summed E-state index contributed by atoms with van der Waals surface area (Å²) >= 11 is 5.72. The van der Waals surface area contributed by atoms with Crippen LogP contribution in [-0.4, -0.2) is 30.3 Å². The third-order valence-electron chi connectivity index (χ3n) is 3.32. The lowest BCUT2D eigenvalue weighted by atomic mass is 10.1. The average molecular weight is 319 g/mol. The first-order valence-corrected chi connectivity index (χ1v) is 8.54. The lowest BCUT2D eigenvalue weighted by Crippen LogP contribution is -2.35. The van der Waals surface area contributed by atoms with Gasteiger partial charge in [-0.05, 0) is 31.2 Å². The highest BCUT2D eigenvalue weighted by Crippen LogP contribution is 2.32. The summed E-state index contributed by atoms with van der Waals surface area (Å²) < 4.78 is 26.8. The van der Waals surface area contributed by atoms with E-state index in [1.54, 1.807) is 0 Å². The second-order valence-corrected chi connectivity index (χ2v) is 7.84. The van der Waals surface area contributed by atoms with Crippen molar-refractivity contribution < 1.29 is 8.42 Å². The van der Waals surface area contributed by atoms with Crippen LogP contribution in [0.2, 0.25) is 5.02 Å². The molecule has 0 saturated heterocycles. The number of pyridine rings is 1. The van der Waals surface area contributed by atoms with Crippen LogP contribution in [0.1, 0.15) is 33.1 Å². The summed E-state index contributed by atoms with van der Waals surface area (Å²) in [5, 5.41) is -0.106. The first-order valence-electron chi connectivity index (χ1n) is 6.72. The minimum Gasteiger partial charge on any atom is -0.326 e. The molecule has 0 aliphatic heterocycles. The molecule has 5 nitrogen and oxygen atoms in total. The van der Waals surface area contributed by atoms with E-state index in [2.05, 4.69) is 18.8 Å². The molecule has 2 rings (SSSR count). The zero-order valence-corrected chi connectivity index (χ0v) is 13.2. The largest absolute Gasteiger partial charge is 0.326 e. The summed E-state index contributed by atoms with van der Waals surface area (Å²) in [5.41, 5.74) is -0.481. The van der Waals surface area contributed by atoms with Crippen LogP contribution in [0.3, 0.4) is 0 Å². The molecule has 1 aromatic heterocycles. The van der Waals surface area contributed by atoms with Crippen LogP contribution in [-0.2, 0) is 10.0 Å². The van der Waals surface area contributed by atoms with E-state index in [-0.39, 0.29) is 16.0 Å². The molecule has 0 amide bonds. The molecular formula is C13H19ClN2O3S. The van der Waals surface area contributed by atoms with E-state index in [4.69, 9.17) is 11.6 Å². The third kappa shape index (κ3) is 3.42. The Morgan fingerprint density at radius 2 is 2.10 bits per heavy atom. The molecule has 20 heavy (non-hydrogen) atoms. The molecule has 1 aromatic rings. The highest BCUT2D eigenvalue weighted by atomic mass is 35.5. The molecule has 1 saturated carbocycles. The molecule has 1 N–H and O–H groups in total. The number of nitrogens with zero attached hydrogens (tertiary/aromatic N) is 1. The zero-order chi connectivity index (χ0) is 14.9. The fourth-order valence-corrected chi connectivity index (χ4v) is 3.90. The molecule has 0 radical (unpaired) electrons. The second kappa shape index (κ2) is 5.87. The maximum atomic E-state index is 12.6. The van der Waals surface area contributed by atoms with Crippen LogP contribution in [0.5, 0.6) is 0 Å². The molecule has 0 spiro atoms. The lowest BCUT2D eigenvalue weighted by molar-refractivity contribution is 0.373. The van der Waals surface area contributed by atoms with Crippen molar-refractivity contribution in [3.63, 3.8) is 0 Å². The maximum absolute atomic E-state index is 12.6. The van der Waals surface area contributed by atoms with Crippen LogP contribution in [0.25, 0.3) is 0 Å². The molecular weight excluding hydrogens is 300 g/mol. The fourth-order valence-electron chi connectivity index (χ4n) is 1.97. The van der Waals surface area contributed by atoms with Crippen molar-refractivity contribution in [2.24, 2.45) is 5.92 Å². The third-order valence-corrected chi connectivity index (χ3v) is 5.53. The Labute approximate surface area is 124 Å². The number of halogens is 1. The number of hydrogen-bond acceptors (Lipinski definition) is 3. The van der Waals surface area contributed by atoms with E-state index in [0.717, 1.165) is 19.3 Å². The first kappa shape index (κ1) is 15.5. The molecule has 1 aliphatic rings. The van der Waals surface area contributed by atoms with E-state index in [1.165, 1.54) is 16.6 Å². The van der Waals surface area contributed by atoms with E-state index in [9.17, 15) is 13.2 Å². The summed E-state index contributed by atoms with van der Waals surface area (Å²) in [6.45, 7) is 4.63. The lowest BCUT2D eigenvalue weighted by Gasteiger charge is -2.22. The van der Waals surface area contributed by atoms with E-state index >= 15 is 0 Å². The molecule has 0 bridgehead atoms. The normalized spacial score (nSPS) is 16.1. The molecule has 1 heterocycles. The van der Waals surface area contributed by atoms with Crippen LogP contribution in [0.15, 0.2) is 22.0 Å². The van der Waals surface area contributed by atoms with Crippen molar-refractivity contribution in [2.75, 3.05) is 6.54 Å². The quantitative estimate of drug-likeness (QED) is 0.874. The molecule has 0 atom stereocenters. The Hall–Kier alpha value is -0.850. The van der Waals surface area contributed by atoms with Crippen molar-refractivity contribution in [1.29, 1.82) is 0 Å². The van der Waals surface area contributed by atoms with Gasteiger partial charge in [0.25, 0.3) is 5.56 Å². The van der Waals surface area contributed by atoms with Crippen molar-refractivity contribution in [3.8, 4) is 0 Å². The van der Waals surface area contributed by atoms with Gasteiger partial charge in [0.1, 0.15) is 5.02 Å². The standard InChI is InChI=1S/C13H19ClN2O3S/c1-9(2)5-6-16(10-3-4-10)20(18,19)11-7-12(14)13(17)15-8-11/h7-10H,3-6H2,1-2H3,(H,15,17). The number of hydrogen-bond donors (Lipinski definition) is 1. The second-order valence-electron chi connectivity index (χ2n) is 5.54. The predicted octanol–water partition coefficient (Wildman–Crippen LogP) is 2.23. The van der Waals surface area contributed by atoms with Crippen molar-refractivity contribution in [3.05, 3.63) is 27.6 Å². The monoisotopic (exact) mass is 318 g/mol. The summed E-state index contributed by atoms with van der Waals surface area (Å²) in [6, 6.07) is 1.31. The number of sulfonamides is 1. The minimum absolute atomic E-state index is 0.0535. The number of aromatic nitrogens is 1. The molecule has 112 valence electrons. The van der Waals surface area contributed by atoms with Gasteiger partial charge in [-0.2, -0.15) is 4.31 Å². The van der Waals surface area contributed by atoms with Crippen LogP contribution >= 0.6 is 11.6 Å². The van der Waals surface area contributed by atoms with Gasteiger partial charge in [-0.15, -0.1) is 0 Å². The smallest absolute Gasteiger partial charge is 0.266 e. The van der Waals surface area contributed by atoms with E-state index < -0.39 is 15.6 Å². The van der Waals surface area contributed by atoms with Crippen LogP contribution in [0.4, 0.5) is 0 Å². The Morgan fingerprint density at radius 1 is 1.45 bits per heavy atom. The van der Waals surface area contributed by atoms with Gasteiger partial charge in [0.15, 0.2) is 0 Å². The molecule has 7 heteroatoms. The number of nitrogens with one attached hydrogen (secondary N) is 1. The van der Waals surface area contributed by atoms with E-state index in [1.807, 2.05) is 0 Å². The SMILES string of the molecule is CC(C)CCN(C1CC1)S(=O)(=O)c1c[nH]c(=O)c(Cl)c1. The average Bonchev–Trinajstić information content (AvgIpc) is 3.16. The van der Waals surface area contributed by atoms with E-state index in [0.29, 0.717) is 12.5 Å². The van der Waals surface area contributed by atoms with Gasteiger partial charge in [0.05, 0.1) is 4.90 Å². The number of aromatic amines is 1. The van der Waals surface area contributed by atoms with Crippen LogP contribution in [0, 0.1) is 5.92 Å². The summed E-state index contributed by atoms with van der Waals surface area (Å²) in [4.78, 5) is 13.6. The number of H-pyrrole nitrogens is 1. The Bertz CT molecular complexity index is 635. The maximum Gasteiger partial charge on any atom is 0.266 e. The van der Waals surface area contributed by atoms with Gasteiger partial charge >= 0.3 is 0 Å². The predicted molar refractivity (Wildman–Crippen MR) is 78.4 cm³/mol. The van der Waals surface area contributed by atoms with Gasteiger partial charge in [-0.3, -0.25) is 4.79 Å². The molecule has 1 aliphatic carbocycles. The van der Waals surface area contributed by atoms with Crippen molar-refractivity contribution in [2.45, 2.75) is 44.0 Å².